The average Bonchev–Trinajstić information content (AvgIpc) is 3.15. The molecule has 0 saturated heterocycles. The van der Waals surface area contributed by atoms with Gasteiger partial charge in [-0.1, -0.05) is 129 Å². The van der Waals surface area contributed by atoms with Crippen LogP contribution < -0.4 is 4.57 Å². The van der Waals surface area contributed by atoms with Gasteiger partial charge in [-0.3, -0.25) is 0 Å². The van der Waals surface area contributed by atoms with E-state index in [-0.39, 0.29) is 0 Å². The molecule has 2 heteroatoms. The number of imidazole rings is 1. The molecule has 188 valence electrons. The lowest BCUT2D eigenvalue weighted by Gasteiger charge is -2.04. The van der Waals surface area contributed by atoms with E-state index < -0.39 is 0 Å². The highest BCUT2D eigenvalue weighted by molar-refractivity contribution is 4.79. The Morgan fingerprint density at radius 1 is 0.531 bits per heavy atom. The van der Waals surface area contributed by atoms with Crippen molar-refractivity contribution in [1.29, 1.82) is 0 Å². The van der Waals surface area contributed by atoms with E-state index in [1.165, 1.54) is 160 Å². The third-order valence-electron chi connectivity index (χ3n) is 7.26. The molecule has 0 aliphatic rings. The van der Waals surface area contributed by atoms with Crippen LogP contribution in [0.5, 0.6) is 0 Å². The zero-order valence-electron chi connectivity index (χ0n) is 22.5. The van der Waals surface area contributed by atoms with Gasteiger partial charge in [0.1, 0.15) is 12.4 Å². The lowest BCUT2D eigenvalue weighted by molar-refractivity contribution is -0.702. The highest BCUT2D eigenvalue weighted by Gasteiger charge is 2.11. The Balaban J connectivity index is 1.86. The summed E-state index contributed by atoms with van der Waals surface area (Å²) in [7, 11) is 0. The van der Waals surface area contributed by atoms with E-state index in [2.05, 4.69) is 42.3 Å². The summed E-state index contributed by atoms with van der Waals surface area (Å²) in [6, 6.07) is 0. The Hall–Kier alpha value is -0.790. The van der Waals surface area contributed by atoms with Crippen molar-refractivity contribution in [2.24, 2.45) is 0 Å². The molecule has 0 saturated carbocycles. The van der Waals surface area contributed by atoms with Crippen LogP contribution in [0.4, 0.5) is 0 Å². The predicted molar refractivity (Wildman–Crippen MR) is 142 cm³/mol. The Labute approximate surface area is 202 Å². The number of aryl methyl sites for hydroxylation is 2. The first-order chi connectivity index (χ1) is 15.8. The number of rotatable bonds is 24. The molecule has 2 nitrogen and oxygen atoms in total. The third-order valence-corrected chi connectivity index (χ3v) is 7.26. The van der Waals surface area contributed by atoms with Crippen molar-refractivity contribution in [2.75, 3.05) is 0 Å². The van der Waals surface area contributed by atoms with Crippen LogP contribution in [0.15, 0.2) is 12.4 Å². The minimum absolute atomic E-state index is 1.20. The molecule has 0 aliphatic carbocycles. The van der Waals surface area contributed by atoms with Crippen LogP contribution in [-0.4, -0.2) is 4.57 Å². The smallest absolute Gasteiger partial charge is 0.234 e. The summed E-state index contributed by atoms with van der Waals surface area (Å²) in [6.45, 7) is 9.28. The standard InChI is InChI=1S/C30H59N2/c1-4-6-8-10-11-12-13-14-15-16-17-18-19-20-21-23-25-27-32-29-28-31(30(32)3)26-24-22-9-7-5-2/h28-29H,4-27H2,1-3H3/q+1. The van der Waals surface area contributed by atoms with Crippen LogP contribution in [0.25, 0.3) is 0 Å². The molecule has 32 heavy (non-hydrogen) atoms. The minimum Gasteiger partial charge on any atom is -0.234 e. The first-order valence-corrected chi connectivity index (χ1v) is 14.8. The van der Waals surface area contributed by atoms with Crippen molar-refractivity contribution >= 4 is 0 Å². The summed E-state index contributed by atoms with van der Waals surface area (Å²) >= 11 is 0. The molecule has 0 radical (unpaired) electrons. The maximum atomic E-state index is 2.47. The van der Waals surface area contributed by atoms with Gasteiger partial charge < -0.3 is 0 Å². The normalized spacial score (nSPS) is 11.5. The molecule has 0 bridgehead atoms. The van der Waals surface area contributed by atoms with Crippen molar-refractivity contribution in [3.8, 4) is 0 Å². The number of aromatic nitrogens is 2. The van der Waals surface area contributed by atoms with Gasteiger partial charge in [0, 0.05) is 6.92 Å². The Morgan fingerprint density at radius 3 is 1.34 bits per heavy atom. The Kier molecular flexibility index (Phi) is 20.1. The summed E-state index contributed by atoms with van der Waals surface area (Å²) < 4.78 is 4.93. The molecule has 1 rings (SSSR count). The highest BCUT2D eigenvalue weighted by Crippen LogP contribution is 2.14. The largest absolute Gasteiger partial charge is 0.253 e. The maximum Gasteiger partial charge on any atom is 0.253 e. The van der Waals surface area contributed by atoms with Gasteiger partial charge in [0.15, 0.2) is 0 Å². The molecule has 1 heterocycles. The molecule has 0 aliphatic heterocycles. The quantitative estimate of drug-likeness (QED) is 0.110. The number of hydrogen-bond acceptors (Lipinski definition) is 0. The van der Waals surface area contributed by atoms with Crippen LogP contribution in [0.1, 0.15) is 161 Å². The Bertz CT molecular complexity index is 505. The predicted octanol–water partition coefficient (Wildman–Crippen LogP) is 9.71. The van der Waals surface area contributed by atoms with Gasteiger partial charge >= 0.3 is 0 Å². The van der Waals surface area contributed by atoms with E-state index in [9.17, 15) is 0 Å². The summed E-state index contributed by atoms with van der Waals surface area (Å²) in [5.74, 6) is 1.44. The number of hydrogen-bond donors (Lipinski definition) is 0. The zero-order chi connectivity index (χ0) is 23.1. The van der Waals surface area contributed by atoms with Gasteiger partial charge in [-0.25, -0.2) is 9.13 Å². The van der Waals surface area contributed by atoms with Crippen molar-refractivity contribution in [2.45, 2.75) is 175 Å². The van der Waals surface area contributed by atoms with E-state index in [4.69, 9.17) is 0 Å². The fraction of sp³-hybridized carbons (Fsp3) is 0.900. The van der Waals surface area contributed by atoms with Crippen LogP contribution in [0, 0.1) is 6.92 Å². The Morgan fingerprint density at radius 2 is 0.906 bits per heavy atom. The lowest BCUT2D eigenvalue weighted by atomic mass is 10.0. The van der Waals surface area contributed by atoms with Gasteiger partial charge in [0.05, 0.1) is 13.1 Å². The van der Waals surface area contributed by atoms with E-state index in [1.807, 2.05) is 0 Å². The van der Waals surface area contributed by atoms with Crippen LogP contribution in [-0.2, 0) is 13.1 Å². The molecule has 1 aromatic heterocycles. The van der Waals surface area contributed by atoms with E-state index in [1.54, 1.807) is 0 Å². The first-order valence-electron chi connectivity index (χ1n) is 14.8. The molecule has 0 fully saturated rings. The molecular weight excluding hydrogens is 388 g/mol. The molecular formula is C30H59N2+. The van der Waals surface area contributed by atoms with E-state index in [0.717, 1.165) is 0 Å². The van der Waals surface area contributed by atoms with Gasteiger partial charge in [0.25, 0.3) is 5.82 Å². The summed E-state index contributed by atoms with van der Waals surface area (Å²) in [4.78, 5) is 0. The minimum atomic E-state index is 1.20. The third kappa shape index (κ3) is 15.9. The van der Waals surface area contributed by atoms with Crippen molar-refractivity contribution in [3.05, 3.63) is 18.2 Å². The van der Waals surface area contributed by atoms with Crippen molar-refractivity contribution in [3.63, 3.8) is 0 Å². The average molecular weight is 448 g/mol. The van der Waals surface area contributed by atoms with Crippen molar-refractivity contribution < 1.29 is 4.57 Å². The monoisotopic (exact) mass is 447 g/mol. The first kappa shape index (κ1) is 29.2. The second kappa shape index (κ2) is 22.0. The van der Waals surface area contributed by atoms with Crippen LogP contribution in [0.2, 0.25) is 0 Å². The van der Waals surface area contributed by atoms with Gasteiger partial charge in [-0.2, -0.15) is 0 Å². The zero-order valence-corrected chi connectivity index (χ0v) is 22.5. The van der Waals surface area contributed by atoms with E-state index in [0.29, 0.717) is 0 Å². The van der Waals surface area contributed by atoms with Crippen molar-refractivity contribution in [1.82, 2.24) is 4.57 Å². The molecule has 1 aromatic rings. The molecule has 0 aromatic carbocycles. The number of unbranched alkanes of at least 4 members (excludes halogenated alkanes) is 20. The summed E-state index contributed by atoms with van der Waals surface area (Å²) in [6.07, 6.45) is 36.0. The highest BCUT2D eigenvalue weighted by atomic mass is 15.1. The molecule has 0 spiro atoms. The summed E-state index contributed by atoms with van der Waals surface area (Å²) in [5.41, 5.74) is 0. The fourth-order valence-electron chi connectivity index (χ4n) is 4.91. The topological polar surface area (TPSA) is 8.81 Å². The van der Waals surface area contributed by atoms with Crippen LogP contribution >= 0.6 is 0 Å². The van der Waals surface area contributed by atoms with E-state index >= 15 is 0 Å². The van der Waals surface area contributed by atoms with Gasteiger partial charge in [-0.05, 0) is 25.7 Å². The molecule has 0 unspecified atom stereocenters. The molecule has 0 atom stereocenters. The second-order valence-corrected chi connectivity index (χ2v) is 10.3. The second-order valence-electron chi connectivity index (χ2n) is 10.3. The van der Waals surface area contributed by atoms with Gasteiger partial charge in [0.2, 0.25) is 0 Å². The van der Waals surface area contributed by atoms with Gasteiger partial charge in [-0.15, -0.1) is 0 Å². The van der Waals surface area contributed by atoms with Crippen LogP contribution in [0.3, 0.4) is 0 Å². The maximum absolute atomic E-state index is 2.47. The lowest BCUT2D eigenvalue weighted by Crippen LogP contribution is -2.35. The molecule has 0 amide bonds. The SMILES string of the molecule is CCCCCCCCCCCCCCCCCCCn1cc[n+](CCCCCCC)c1C. The molecule has 0 N–H and O–H groups in total. The summed E-state index contributed by atoms with van der Waals surface area (Å²) in [5, 5.41) is 0. The number of nitrogens with zero attached hydrogens (tertiary/aromatic N) is 2. The fourth-order valence-corrected chi connectivity index (χ4v) is 4.91.